The Hall–Kier alpha value is -4.08. The number of thioether (sulfide) groups is 1. The van der Waals surface area contributed by atoms with E-state index in [9.17, 15) is 9.90 Å². The first kappa shape index (κ1) is 31.3. The van der Waals surface area contributed by atoms with Crippen LogP contribution in [0, 0.1) is 0 Å². The summed E-state index contributed by atoms with van der Waals surface area (Å²) in [5.41, 5.74) is 5.81. The van der Waals surface area contributed by atoms with Gasteiger partial charge in [-0.2, -0.15) is 0 Å². The maximum atomic E-state index is 11.9. The third kappa shape index (κ3) is 8.30. The summed E-state index contributed by atoms with van der Waals surface area (Å²) in [4.78, 5) is 12.9. The summed E-state index contributed by atoms with van der Waals surface area (Å²) in [6.07, 6.45) is 0.917. The number of aliphatic hydroxyl groups excluding tert-OH is 1. The predicted octanol–water partition coefficient (Wildman–Crippen LogP) is 7.60. The van der Waals surface area contributed by atoms with Crippen LogP contribution in [-0.2, 0) is 27.4 Å². The van der Waals surface area contributed by atoms with E-state index in [4.69, 9.17) is 18.9 Å². The van der Waals surface area contributed by atoms with E-state index < -0.39 is 12.4 Å². The molecule has 0 bridgehead atoms. The molecular weight excluding hydrogens is 574 g/mol. The summed E-state index contributed by atoms with van der Waals surface area (Å²) in [6, 6.07) is 32.1. The monoisotopic (exact) mass is 611 g/mol. The summed E-state index contributed by atoms with van der Waals surface area (Å²) in [6.45, 7) is 4.07. The zero-order chi connectivity index (χ0) is 30.7. The molecule has 0 aromatic heterocycles. The molecule has 8 heteroatoms. The number of nitrogens with one attached hydrogen (secondary N) is 1. The van der Waals surface area contributed by atoms with Crippen molar-refractivity contribution < 1.29 is 28.8 Å². The minimum absolute atomic E-state index is 0.000828. The van der Waals surface area contributed by atoms with Gasteiger partial charge in [-0.15, -0.1) is 11.8 Å². The van der Waals surface area contributed by atoms with Crippen molar-refractivity contribution in [1.82, 2.24) is 5.32 Å². The van der Waals surface area contributed by atoms with Gasteiger partial charge < -0.3 is 29.4 Å². The molecule has 7 nitrogen and oxygen atoms in total. The maximum absolute atomic E-state index is 11.9. The molecule has 1 saturated heterocycles. The van der Waals surface area contributed by atoms with Crippen LogP contribution in [-0.4, -0.2) is 36.8 Å². The van der Waals surface area contributed by atoms with Crippen LogP contribution >= 0.6 is 11.8 Å². The van der Waals surface area contributed by atoms with E-state index in [0.29, 0.717) is 13.0 Å². The van der Waals surface area contributed by atoms with Crippen molar-refractivity contribution in [2.75, 3.05) is 19.5 Å². The van der Waals surface area contributed by atoms with Crippen LogP contribution in [0.25, 0.3) is 11.1 Å². The van der Waals surface area contributed by atoms with Crippen LogP contribution in [0.3, 0.4) is 0 Å². The fourth-order valence-corrected chi connectivity index (χ4v) is 6.08. The number of hydrogen-bond acceptors (Lipinski definition) is 7. The number of rotatable bonds is 12. The molecular formula is C36H37NO6S. The minimum atomic E-state index is -0.570. The number of aliphatic hydroxyl groups is 1. The molecule has 1 amide bonds. The van der Waals surface area contributed by atoms with Crippen molar-refractivity contribution >= 4 is 17.9 Å². The molecule has 1 aliphatic heterocycles. The Balaban J connectivity index is 1.35. The van der Waals surface area contributed by atoms with Gasteiger partial charge >= 0.3 is 6.09 Å². The summed E-state index contributed by atoms with van der Waals surface area (Å²) in [5, 5.41) is 12.3. The van der Waals surface area contributed by atoms with E-state index in [1.54, 1.807) is 18.9 Å². The lowest BCUT2D eigenvalue weighted by Crippen LogP contribution is -2.31. The second-order valence-electron chi connectivity index (χ2n) is 10.4. The fourth-order valence-electron chi connectivity index (χ4n) is 5.03. The topological polar surface area (TPSA) is 86.3 Å². The molecule has 0 aliphatic carbocycles. The molecule has 1 aliphatic rings. The lowest BCUT2D eigenvalue weighted by molar-refractivity contribution is -0.245. The van der Waals surface area contributed by atoms with Crippen LogP contribution in [0.5, 0.6) is 5.75 Å². The molecule has 1 heterocycles. The molecule has 4 aromatic rings. The zero-order valence-electron chi connectivity index (χ0n) is 24.7. The van der Waals surface area contributed by atoms with Gasteiger partial charge in [-0.3, -0.25) is 0 Å². The maximum Gasteiger partial charge on any atom is 0.407 e. The number of carbonyl (C=O) groups is 1. The lowest BCUT2D eigenvalue weighted by Gasteiger charge is -2.36. The van der Waals surface area contributed by atoms with Crippen molar-refractivity contribution in [2.45, 2.75) is 43.0 Å². The van der Waals surface area contributed by atoms with E-state index in [1.807, 2.05) is 78.9 Å². The summed E-state index contributed by atoms with van der Waals surface area (Å²) in [7, 11) is 1.68. The van der Waals surface area contributed by atoms with Gasteiger partial charge in [0.25, 0.3) is 0 Å². The molecule has 0 saturated carbocycles. The first-order valence-electron chi connectivity index (χ1n) is 14.5. The van der Waals surface area contributed by atoms with Crippen molar-refractivity contribution in [3.05, 3.63) is 132 Å². The Morgan fingerprint density at radius 3 is 2.50 bits per heavy atom. The second-order valence-corrected chi connectivity index (χ2v) is 11.4. The number of carbonyl (C=O) groups excluding carboxylic acids is 1. The Labute approximate surface area is 262 Å². The number of hydrogen-bond donors (Lipinski definition) is 2. The fraction of sp³-hybridized carbons (Fsp3) is 0.250. The third-order valence-electron chi connectivity index (χ3n) is 7.30. The standard InChI is InChI=1S/C36H37NO6S/c1-3-18-41-36(39)37-22-26-8-6-9-28(19-26)29-10-7-11-30(20-29)35-42-31(24-44-34-13-5-4-12-32(34)40-2)21-33(43-35)27-16-14-25(23-38)15-17-27/h3-17,19-20,31,33,35,38H,1,18,21-24H2,2H3,(H,37,39)/t31-,33+,35+/m0/s1. The largest absolute Gasteiger partial charge is 0.496 e. The highest BCUT2D eigenvalue weighted by molar-refractivity contribution is 7.99. The zero-order valence-corrected chi connectivity index (χ0v) is 25.5. The van der Waals surface area contributed by atoms with E-state index in [2.05, 4.69) is 30.1 Å². The Kier molecular flexibility index (Phi) is 11.1. The molecule has 3 atom stereocenters. The number of methoxy groups -OCH3 is 1. The minimum Gasteiger partial charge on any atom is -0.496 e. The van der Waals surface area contributed by atoms with Crippen molar-refractivity contribution in [3.8, 4) is 16.9 Å². The molecule has 5 rings (SSSR count). The highest BCUT2D eigenvalue weighted by atomic mass is 32.2. The van der Waals surface area contributed by atoms with Gasteiger partial charge in [0.1, 0.15) is 12.4 Å². The Bertz CT molecular complexity index is 1540. The van der Waals surface area contributed by atoms with E-state index in [0.717, 1.165) is 49.8 Å². The summed E-state index contributed by atoms with van der Waals surface area (Å²) >= 11 is 1.71. The Morgan fingerprint density at radius 1 is 0.955 bits per heavy atom. The van der Waals surface area contributed by atoms with Gasteiger partial charge in [0.2, 0.25) is 0 Å². The Morgan fingerprint density at radius 2 is 1.73 bits per heavy atom. The van der Waals surface area contributed by atoms with Gasteiger partial charge in [0, 0.05) is 29.2 Å². The third-order valence-corrected chi connectivity index (χ3v) is 8.48. The van der Waals surface area contributed by atoms with Gasteiger partial charge in [-0.25, -0.2) is 4.79 Å². The number of benzene rings is 4. The smallest absolute Gasteiger partial charge is 0.407 e. The van der Waals surface area contributed by atoms with Crippen LogP contribution in [0.15, 0.2) is 115 Å². The molecule has 0 unspecified atom stereocenters. The van der Waals surface area contributed by atoms with Gasteiger partial charge in [0.15, 0.2) is 6.29 Å². The average molecular weight is 612 g/mol. The summed E-state index contributed by atoms with van der Waals surface area (Å²) < 4.78 is 23.7. The van der Waals surface area contributed by atoms with Gasteiger partial charge in [-0.05, 0) is 52.1 Å². The molecule has 44 heavy (non-hydrogen) atoms. The second kappa shape index (κ2) is 15.6. The predicted molar refractivity (Wildman–Crippen MR) is 172 cm³/mol. The normalized spacial score (nSPS) is 17.9. The first-order valence-corrected chi connectivity index (χ1v) is 15.5. The molecule has 2 N–H and O–H groups in total. The van der Waals surface area contributed by atoms with Crippen molar-refractivity contribution in [2.24, 2.45) is 0 Å². The SMILES string of the molecule is C=CCOC(=O)NCc1cccc(-c2cccc([C@@H]3O[C@H](CSc4ccccc4OC)C[C@H](c4ccc(CO)cc4)O3)c2)c1. The first-order chi connectivity index (χ1) is 21.6. The van der Waals surface area contributed by atoms with Crippen molar-refractivity contribution in [3.63, 3.8) is 0 Å². The van der Waals surface area contributed by atoms with Crippen LogP contribution in [0.4, 0.5) is 4.79 Å². The quantitative estimate of drug-likeness (QED) is 0.126. The lowest BCUT2D eigenvalue weighted by atomic mass is 9.99. The van der Waals surface area contributed by atoms with E-state index >= 15 is 0 Å². The van der Waals surface area contributed by atoms with Gasteiger partial charge in [0.05, 0.1) is 25.9 Å². The number of para-hydroxylation sites is 1. The van der Waals surface area contributed by atoms with Gasteiger partial charge in [-0.1, -0.05) is 85.5 Å². The highest BCUT2D eigenvalue weighted by Crippen LogP contribution is 2.41. The molecule has 0 radical (unpaired) electrons. The van der Waals surface area contributed by atoms with Crippen LogP contribution < -0.4 is 10.1 Å². The van der Waals surface area contributed by atoms with Crippen LogP contribution in [0.2, 0.25) is 0 Å². The average Bonchev–Trinajstić information content (AvgIpc) is 3.09. The molecule has 0 spiro atoms. The molecule has 4 aromatic carbocycles. The highest BCUT2D eigenvalue weighted by Gasteiger charge is 2.32. The number of ether oxygens (including phenoxy) is 4. The van der Waals surface area contributed by atoms with E-state index in [-0.39, 0.29) is 25.4 Å². The number of amides is 1. The molecule has 1 fully saturated rings. The van der Waals surface area contributed by atoms with Crippen molar-refractivity contribution in [1.29, 1.82) is 0 Å². The van der Waals surface area contributed by atoms with E-state index in [1.165, 1.54) is 6.08 Å². The number of alkyl carbamates (subject to hydrolysis) is 1. The summed E-state index contributed by atoms with van der Waals surface area (Å²) in [5.74, 6) is 1.58. The molecule has 228 valence electrons. The van der Waals surface area contributed by atoms with Crippen LogP contribution in [0.1, 0.15) is 41.1 Å².